The molecule has 0 aliphatic heterocycles. The van der Waals surface area contributed by atoms with Crippen LogP contribution in [0, 0.1) is 12.7 Å². The fourth-order valence-corrected chi connectivity index (χ4v) is 3.69. The first-order chi connectivity index (χ1) is 14.6. The number of benzene rings is 3. The molecular weight excluding hydrogens is 399 g/mol. The van der Waals surface area contributed by atoms with Gasteiger partial charge in [-0.15, -0.1) is 11.3 Å². The molecule has 1 N–H and O–H groups in total. The Morgan fingerprint density at radius 1 is 1.07 bits per heavy atom. The highest BCUT2D eigenvalue weighted by Crippen LogP contribution is 2.27. The van der Waals surface area contributed by atoms with Gasteiger partial charge in [-0.1, -0.05) is 36.4 Å². The maximum Gasteiger partial charge on any atom is 0.275 e. The van der Waals surface area contributed by atoms with E-state index in [2.05, 4.69) is 10.3 Å². The number of nitrogens with zero attached hydrogens (tertiary/aromatic N) is 1. The lowest BCUT2D eigenvalue weighted by Gasteiger charge is -2.07. The Balaban J connectivity index is 1.44. The summed E-state index contributed by atoms with van der Waals surface area (Å²) in [5.74, 6) is 0.163. The maximum atomic E-state index is 13.0. The minimum absolute atomic E-state index is 0.244. The standard InChI is InChI=1S/C24H19FN2O2S/c1-16-4-2-6-20(12-16)26-23(28)22-15-30-24(27-22)18-5-3-7-21(13-18)29-14-17-8-10-19(25)11-9-17/h2-13,15H,14H2,1H3,(H,26,28). The van der Waals surface area contributed by atoms with Gasteiger partial charge in [-0.2, -0.15) is 0 Å². The molecule has 4 nitrogen and oxygen atoms in total. The lowest BCUT2D eigenvalue weighted by molar-refractivity contribution is 0.102. The molecule has 30 heavy (non-hydrogen) atoms. The van der Waals surface area contributed by atoms with Crippen molar-refractivity contribution in [2.45, 2.75) is 13.5 Å². The molecule has 0 aliphatic carbocycles. The Bertz CT molecular complexity index is 1170. The van der Waals surface area contributed by atoms with Crippen LogP contribution in [0.1, 0.15) is 21.6 Å². The summed E-state index contributed by atoms with van der Waals surface area (Å²) in [6, 6.07) is 21.4. The highest BCUT2D eigenvalue weighted by molar-refractivity contribution is 7.13. The third kappa shape index (κ3) is 4.90. The second-order valence-electron chi connectivity index (χ2n) is 6.80. The second kappa shape index (κ2) is 8.88. The van der Waals surface area contributed by atoms with Gasteiger partial charge in [0, 0.05) is 16.6 Å². The Labute approximate surface area is 178 Å². The number of anilines is 1. The summed E-state index contributed by atoms with van der Waals surface area (Å²) in [6.45, 7) is 2.31. The number of nitrogens with one attached hydrogen (secondary N) is 1. The van der Waals surface area contributed by atoms with E-state index in [1.807, 2.05) is 55.5 Å². The number of carbonyl (C=O) groups is 1. The summed E-state index contributed by atoms with van der Waals surface area (Å²) in [6.07, 6.45) is 0. The van der Waals surface area contributed by atoms with E-state index in [-0.39, 0.29) is 11.7 Å². The van der Waals surface area contributed by atoms with Gasteiger partial charge in [0.1, 0.15) is 28.9 Å². The van der Waals surface area contributed by atoms with Crippen LogP contribution < -0.4 is 10.1 Å². The molecule has 0 saturated heterocycles. The lowest BCUT2D eigenvalue weighted by atomic mass is 10.2. The van der Waals surface area contributed by atoms with E-state index in [4.69, 9.17) is 4.74 Å². The maximum absolute atomic E-state index is 13.0. The van der Waals surface area contributed by atoms with Crippen molar-refractivity contribution in [1.82, 2.24) is 4.98 Å². The number of aromatic nitrogens is 1. The topological polar surface area (TPSA) is 51.2 Å². The van der Waals surface area contributed by atoms with Crippen molar-refractivity contribution in [2.24, 2.45) is 0 Å². The molecule has 6 heteroatoms. The van der Waals surface area contributed by atoms with Crippen molar-refractivity contribution in [1.29, 1.82) is 0 Å². The molecule has 1 amide bonds. The van der Waals surface area contributed by atoms with Crippen LogP contribution in [-0.4, -0.2) is 10.9 Å². The first-order valence-electron chi connectivity index (χ1n) is 9.38. The molecular formula is C24H19FN2O2S. The number of rotatable bonds is 6. The van der Waals surface area contributed by atoms with Crippen LogP contribution in [0.4, 0.5) is 10.1 Å². The van der Waals surface area contributed by atoms with Gasteiger partial charge in [0.25, 0.3) is 5.91 Å². The van der Waals surface area contributed by atoms with Gasteiger partial charge >= 0.3 is 0 Å². The fraction of sp³-hybridized carbons (Fsp3) is 0.0833. The molecule has 1 aromatic heterocycles. The number of carbonyl (C=O) groups excluding carboxylic acids is 1. The van der Waals surface area contributed by atoms with Gasteiger partial charge in [-0.3, -0.25) is 4.79 Å². The van der Waals surface area contributed by atoms with Crippen LogP contribution in [0.15, 0.2) is 78.2 Å². The van der Waals surface area contributed by atoms with Gasteiger partial charge in [0.05, 0.1) is 0 Å². The molecule has 0 atom stereocenters. The first kappa shape index (κ1) is 19.8. The van der Waals surface area contributed by atoms with Crippen LogP contribution in [0.3, 0.4) is 0 Å². The first-order valence-corrected chi connectivity index (χ1v) is 10.3. The molecule has 0 unspecified atom stereocenters. The largest absolute Gasteiger partial charge is 0.489 e. The summed E-state index contributed by atoms with van der Waals surface area (Å²) >= 11 is 1.40. The van der Waals surface area contributed by atoms with Gasteiger partial charge < -0.3 is 10.1 Å². The molecule has 4 aromatic rings. The van der Waals surface area contributed by atoms with E-state index in [0.717, 1.165) is 27.4 Å². The van der Waals surface area contributed by atoms with Crippen molar-refractivity contribution < 1.29 is 13.9 Å². The van der Waals surface area contributed by atoms with Crippen LogP contribution >= 0.6 is 11.3 Å². The second-order valence-corrected chi connectivity index (χ2v) is 7.66. The minimum atomic E-state index is -0.272. The van der Waals surface area contributed by atoms with E-state index < -0.39 is 0 Å². The van der Waals surface area contributed by atoms with E-state index in [9.17, 15) is 9.18 Å². The number of amides is 1. The highest BCUT2D eigenvalue weighted by atomic mass is 32.1. The van der Waals surface area contributed by atoms with E-state index in [1.54, 1.807) is 17.5 Å². The van der Waals surface area contributed by atoms with Crippen LogP contribution in [0.25, 0.3) is 10.6 Å². The molecule has 4 rings (SSSR count). The summed E-state index contributed by atoms with van der Waals surface area (Å²) in [5, 5.41) is 5.35. The van der Waals surface area contributed by atoms with Crippen LogP contribution in [-0.2, 0) is 6.61 Å². The zero-order chi connectivity index (χ0) is 20.9. The average Bonchev–Trinajstić information content (AvgIpc) is 3.24. The fourth-order valence-electron chi connectivity index (χ4n) is 2.89. The van der Waals surface area contributed by atoms with Crippen molar-refractivity contribution in [2.75, 3.05) is 5.32 Å². The molecule has 150 valence electrons. The van der Waals surface area contributed by atoms with Crippen molar-refractivity contribution >= 4 is 22.9 Å². The monoisotopic (exact) mass is 418 g/mol. The number of aryl methyl sites for hydroxylation is 1. The van der Waals surface area contributed by atoms with E-state index in [0.29, 0.717) is 18.1 Å². The zero-order valence-corrected chi connectivity index (χ0v) is 17.1. The normalized spacial score (nSPS) is 10.6. The third-order valence-corrected chi connectivity index (χ3v) is 5.30. The summed E-state index contributed by atoms with van der Waals surface area (Å²) in [4.78, 5) is 17.0. The highest BCUT2D eigenvalue weighted by Gasteiger charge is 2.13. The lowest BCUT2D eigenvalue weighted by Crippen LogP contribution is -2.12. The summed E-state index contributed by atoms with van der Waals surface area (Å²) in [5.41, 5.74) is 3.93. The van der Waals surface area contributed by atoms with Gasteiger partial charge in [0.15, 0.2) is 0 Å². The van der Waals surface area contributed by atoms with Crippen molar-refractivity contribution in [3.63, 3.8) is 0 Å². The SMILES string of the molecule is Cc1cccc(NC(=O)c2csc(-c3cccc(OCc4ccc(F)cc4)c3)n2)c1. The predicted octanol–water partition coefficient (Wildman–Crippen LogP) is 6.09. The van der Waals surface area contributed by atoms with Crippen LogP contribution in [0.5, 0.6) is 5.75 Å². The molecule has 0 spiro atoms. The van der Waals surface area contributed by atoms with Gasteiger partial charge in [0.2, 0.25) is 0 Å². The zero-order valence-electron chi connectivity index (χ0n) is 16.3. The smallest absolute Gasteiger partial charge is 0.275 e. The minimum Gasteiger partial charge on any atom is -0.489 e. The van der Waals surface area contributed by atoms with Crippen molar-refractivity contribution in [3.05, 3.63) is 101 Å². The van der Waals surface area contributed by atoms with E-state index in [1.165, 1.54) is 23.5 Å². The van der Waals surface area contributed by atoms with Gasteiger partial charge in [-0.25, -0.2) is 9.37 Å². The molecule has 0 saturated carbocycles. The Kier molecular flexibility index (Phi) is 5.86. The van der Waals surface area contributed by atoms with Crippen LogP contribution in [0.2, 0.25) is 0 Å². The predicted molar refractivity (Wildman–Crippen MR) is 117 cm³/mol. The molecule has 1 heterocycles. The number of hydrogen-bond acceptors (Lipinski definition) is 4. The molecule has 0 aliphatic rings. The molecule has 3 aromatic carbocycles. The Morgan fingerprint density at radius 2 is 1.87 bits per heavy atom. The quantitative estimate of drug-likeness (QED) is 0.412. The average molecular weight is 418 g/mol. The molecule has 0 bridgehead atoms. The number of hydrogen-bond donors (Lipinski definition) is 1. The molecule has 0 radical (unpaired) electrons. The number of ether oxygens (including phenoxy) is 1. The van der Waals surface area contributed by atoms with E-state index >= 15 is 0 Å². The third-order valence-electron chi connectivity index (χ3n) is 4.41. The number of halogens is 1. The summed E-state index contributed by atoms with van der Waals surface area (Å²) < 4.78 is 18.8. The Morgan fingerprint density at radius 3 is 2.67 bits per heavy atom. The Hall–Kier alpha value is -3.51. The van der Waals surface area contributed by atoms with Gasteiger partial charge in [-0.05, 0) is 54.4 Å². The molecule has 0 fully saturated rings. The summed E-state index contributed by atoms with van der Waals surface area (Å²) in [7, 11) is 0. The number of thiazole rings is 1. The van der Waals surface area contributed by atoms with Crippen molar-refractivity contribution in [3.8, 4) is 16.3 Å².